The Kier molecular flexibility index (Phi) is 5.58. The summed E-state index contributed by atoms with van der Waals surface area (Å²) in [6.45, 7) is 0.577. The van der Waals surface area contributed by atoms with Crippen LogP contribution < -0.4 is 5.32 Å². The third-order valence-electron chi connectivity index (χ3n) is 5.73. The van der Waals surface area contributed by atoms with Crippen molar-refractivity contribution in [3.8, 4) is 5.69 Å². The normalized spacial score (nSPS) is 17.7. The zero-order valence-electron chi connectivity index (χ0n) is 17.6. The summed E-state index contributed by atoms with van der Waals surface area (Å²) in [5, 5.41) is 13.5. The molecule has 1 aliphatic rings. The minimum Gasteiger partial charge on any atom is -0.478 e. The van der Waals surface area contributed by atoms with Crippen LogP contribution in [0.15, 0.2) is 91.5 Å². The molecule has 0 aliphatic carbocycles. The summed E-state index contributed by atoms with van der Waals surface area (Å²) in [5.74, 6) is -0.959. The number of carboxylic acids is 1. The van der Waals surface area contributed by atoms with Crippen LogP contribution >= 0.6 is 12.2 Å². The second-order valence-electron chi connectivity index (χ2n) is 7.77. The van der Waals surface area contributed by atoms with Crippen LogP contribution in [-0.2, 0) is 6.54 Å². The average Bonchev–Trinajstić information content (AvgIpc) is 3.45. The van der Waals surface area contributed by atoms with E-state index < -0.39 is 5.97 Å². The van der Waals surface area contributed by atoms with Gasteiger partial charge in [0, 0.05) is 42.7 Å². The largest absolute Gasteiger partial charge is 0.478 e. The van der Waals surface area contributed by atoms with Gasteiger partial charge in [-0.3, -0.25) is 9.97 Å². The number of carbonyl (C=O) groups is 1. The van der Waals surface area contributed by atoms with Gasteiger partial charge >= 0.3 is 5.97 Å². The Morgan fingerprint density at radius 1 is 1.06 bits per heavy atom. The van der Waals surface area contributed by atoms with Crippen molar-refractivity contribution in [2.45, 2.75) is 18.6 Å². The molecule has 0 amide bonds. The van der Waals surface area contributed by atoms with E-state index in [0.717, 1.165) is 22.6 Å². The molecule has 0 unspecified atom stereocenters. The highest BCUT2D eigenvalue weighted by Crippen LogP contribution is 2.40. The first-order valence-electron chi connectivity index (χ1n) is 10.5. The molecule has 2 N–H and O–H groups in total. The van der Waals surface area contributed by atoms with E-state index in [9.17, 15) is 9.90 Å². The second kappa shape index (κ2) is 8.84. The molecule has 2 atom stereocenters. The van der Waals surface area contributed by atoms with Crippen molar-refractivity contribution in [3.05, 3.63) is 114 Å². The number of aromatic carboxylic acids is 1. The van der Waals surface area contributed by atoms with Crippen LogP contribution in [0.25, 0.3) is 5.69 Å². The Morgan fingerprint density at radius 2 is 1.97 bits per heavy atom. The fourth-order valence-corrected chi connectivity index (χ4v) is 4.55. The number of carboxylic acid groups (broad SMARTS) is 1. The highest BCUT2D eigenvalue weighted by molar-refractivity contribution is 7.80. The summed E-state index contributed by atoms with van der Waals surface area (Å²) in [6, 6.07) is 20.3. The molecule has 4 aromatic rings. The first-order chi connectivity index (χ1) is 16.1. The van der Waals surface area contributed by atoms with Gasteiger partial charge in [0.1, 0.15) is 0 Å². The molecule has 33 heavy (non-hydrogen) atoms. The van der Waals surface area contributed by atoms with Gasteiger partial charge < -0.3 is 19.9 Å². The fraction of sp³-hybridized carbons (Fsp3) is 0.120. The monoisotopic (exact) mass is 455 g/mol. The van der Waals surface area contributed by atoms with Crippen molar-refractivity contribution >= 4 is 23.3 Å². The van der Waals surface area contributed by atoms with E-state index in [-0.39, 0.29) is 17.6 Å². The zero-order valence-corrected chi connectivity index (χ0v) is 18.4. The van der Waals surface area contributed by atoms with E-state index in [4.69, 9.17) is 12.2 Å². The number of aromatic nitrogens is 3. The predicted octanol–water partition coefficient (Wildman–Crippen LogP) is 4.14. The first-order valence-corrected chi connectivity index (χ1v) is 10.9. The lowest BCUT2D eigenvalue weighted by molar-refractivity contribution is 0.0697. The van der Waals surface area contributed by atoms with E-state index in [0.29, 0.717) is 11.7 Å². The molecular formula is C25H21N5O2S. The number of hydrogen-bond donors (Lipinski definition) is 2. The lowest BCUT2D eigenvalue weighted by Crippen LogP contribution is -2.30. The molecule has 0 radical (unpaired) electrons. The number of nitrogens with one attached hydrogen (secondary N) is 1. The van der Waals surface area contributed by atoms with Gasteiger partial charge in [0.05, 0.1) is 23.3 Å². The van der Waals surface area contributed by atoms with Crippen LogP contribution in [0.5, 0.6) is 0 Å². The number of thiocarbonyl (C=S) groups is 1. The quantitative estimate of drug-likeness (QED) is 0.423. The molecule has 1 aromatic carbocycles. The number of benzene rings is 1. The lowest BCUT2D eigenvalue weighted by atomic mass is 10.0. The van der Waals surface area contributed by atoms with Gasteiger partial charge in [0.15, 0.2) is 5.11 Å². The van der Waals surface area contributed by atoms with Gasteiger partial charge in [-0.05, 0) is 66.3 Å². The van der Waals surface area contributed by atoms with Gasteiger partial charge in [-0.2, -0.15) is 0 Å². The van der Waals surface area contributed by atoms with Crippen LogP contribution in [-0.4, -0.2) is 35.6 Å². The van der Waals surface area contributed by atoms with Gasteiger partial charge in [-0.15, -0.1) is 0 Å². The maximum absolute atomic E-state index is 11.5. The molecule has 164 valence electrons. The minimum atomic E-state index is -0.959. The van der Waals surface area contributed by atoms with Crippen LogP contribution in [0, 0.1) is 0 Å². The van der Waals surface area contributed by atoms with Crippen LogP contribution in [0.4, 0.5) is 0 Å². The minimum absolute atomic E-state index is 0.170. The van der Waals surface area contributed by atoms with Crippen molar-refractivity contribution in [3.63, 3.8) is 0 Å². The summed E-state index contributed by atoms with van der Waals surface area (Å²) < 4.78 is 2.01. The second-order valence-corrected chi connectivity index (χ2v) is 8.16. The fourth-order valence-electron chi connectivity index (χ4n) is 4.24. The number of nitrogens with zero attached hydrogens (tertiary/aromatic N) is 4. The Morgan fingerprint density at radius 3 is 2.73 bits per heavy atom. The molecule has 0 saturated carbocycles. The Bertz CT molecular complexity index is 1290. The topological polar surface area (TPSA) is 83.3 Å². The smallest absolute Gasteiger partial charge is 0.335 e. The number of pyridine rings is 2. The summed E-state index contributed by atoms with van der Waals surface area (Å²) in [4.78, 5) is 22.5. The van der Waals surface area contributed by atoms with Crippen molar-refractivity contribution in [2.75, 3.05) is 0 Å². The van der Waals surface area contributed by atoms with Crippen LogP contribution in [0.1, 0.15) is 39.4 Å². The first kappa shape index (κ1) is 20.8. The summed E-state index contributed by atoms with van der Waals surface area (Å²) in [5.41, 5.74) is 3.91. The Hall–Kier alpha value is -4.04. The number of rotatable bonds is 6. The average molecular weight is 456 g/mol. The van der Waals surface area contributed by atoms with Gasteiger partial charge in [-0.25, -0.2) is 4.79 Å². The van der Waals surface area contributed by atoms with E-state index in [1.807, 2.05) is 65.5 Å². The number of hydrogen-bond acceptors (Lipinski definition) is 4. The Labute approximate surface area is 196 Å². The van der Waals surface area contributed by atoms with Crippen molar-refractivity contribution in [2.24, 2.45) is 0 Å². The van der Waals surface area contributed by atoms with Crippen molar-refractivity contribution in [1.82, 2.24) is 24.8 Å². The van der Waals surface area contributed by atoms with E-state index in [1.165, 1.54) is 0 Å². The molecule has 1 fully saturated rings. The lowest BCUT2D eigenvalue weighted by Gasteiger charge is -2.29. The highest BCUT2D eigenvalue weighted by atomic mass is 32.1. The van der Waals surface area contributed by atoms with Crippen LogP contribution in [0.2, 0.25) is 0 Å². The third kappa shape index (κ3) is 4.08. The zero-order chi connectivity index (χ0) is 22.8. The van der Waals surface area contributed by atoms with Gasteiger partial charge in [0.2, 0.25) is 0 Å². The molecule has 3 aromatic heterocycles. The molecule has 7 nitrogen and oxygen atoms in total. The van der Waals surface area contributed by atoms with Gasteiger partial charge in [-0.1, -0.05) is 18.2 Å². The molecule has 8 heteroatoms. The summed E-state index contributed by atoms with van der Waals surface area (Å²) in [6.07, 6.45) is 7.30. The van der Waals surface area contributed by atoms with Crippen molar-refractivity contribution < 1.29 is 9.90 Å². The third-order valence-corrected chi connectivity index (χ3v) is 6.08. The summed E-state index contributed by atoms with van der Waals surface area (Å²) in [7, 11) is 0. The molecular weight excluding hydrogens is 434 g/mol. The van der Waals surface area contributed by atoms with Crippen LogP contribution in [0.3, 0.4) is 0 Å². The predicted molar refractivity (Wildman–Crippen MR) is 128 cm³/mol. The molecule has 0 spiro atoms. The molecule has 1 aliphatic heterocycles. The maximum Gasteiger partial charge on any atom is 0.335 e. The maximum atomic E-state index is 11.5. The van der Waals surface area contributed by atoms with Crippen molar-refractivity contribution in [1.29, 1.82) is 0 Å². The SMILES string of the molecule is O=C(O)c1cccc(-n2cccc2[C@H]2[C@@H](c3ccccn3)NC(=S)N2Cc2cccnc2)c1. The standard InChI is InChI=1S/C25H21N5O2S/c31-24(32)18-7-3-8-19(14-18)29-13-5-10-21(29)23-22(20-9-1-2-12-27-20)28-25(33)30(23)16-17-6-4-11-26-15-17/h1-15,22-23H,16H2,(H,28,33)(H,31,32)/t22-,23+/m1/s1. The molecule has 4 heterocycles. The van der Waals surface area contributed by atoms with Gasteiger partial charge in [0.25, 0.3) is 0 Å². The Balaban J connectivity index is 1.61. The van der Waals surface area contributed by atoms with E-state index in [1.54, 1.807) is 30.6 Å². The van der Waals surface area contributed by atoms with E-state index in [2.05, 4.69) is 20.2 Å². The molecule has 1 saturated heterocycles. The van der Waals surface area contributed by atoms with E-state index >= 15 is 0 Å². The molecule has 5 rings (SSSR count). The highest BCUT2D eigenvalue weighted by Gasteiger charge is 2.41. The molecule has 0 bridgehead atoms. The summed E-state index contributed by atoms with van der Waals surface area (Å²) >= 11 is 5.76.